The Balaban J connectivity index is 1.39. The van der Waals surface area contributed by atoms with Crippen LogP contribution in [0.2, 0.25) is 0 Å². The molecule has 5 aromatic heterocycles. The van der Waals surface area contributed by atoms with E-state index in [-0.39, 0.29) is 12.2 Å². The van der Waals surface area contributed by atoms with Crippen molar-refractivity contribution in [3.63, 3.8) is 0 Å². The Morgan fingerprint density at radius 1 is 0.927 bits per heavy atom. The minimum atomic E-state index is -3.17. The summed E-state index contributed by atoms with van der Waals surface area (Å²) in [6.07, 6.45) is 8.54. The summed E-state index contributed by atoms with van der Waals surface area (Å²) in [4.78, 5) is 16.8. The highest BCUT2D eigenvalue weighted by molar-refractivity contribution is 7.90. The summed E-state index contributed by atoms with van der Waals surface area (Å²) in [5.74, 6) is -0.469. The number of rotatable bonds is 9. The van der Waals surface area contributed by atoms with E-state index in [1.807, 2.05) is 36.7 Å². The minimum Gasteiger partial charge on any atom is -0.338 e. The van der Waals surface area contributed by atoms with Crippen molar-refractivity contribution >= 4 is 31.9 Å². The molecule has 0 unspecified atom stereocenters. The van der Waals surface area contributed by atoms with Gasteiger partial charge in [-0.3, -0.25) is 10.1 Å². The summed E-state index contributed by atoms with van der Waals surface area (Å²) in [6, 6.07) is 12.6. The van der Waals surface area contributed by atoms with Gasteiger partial charge >= 0.3 is 0 Å². The van der Waals surface area contributed by atoms with Gasteiger partial charge in [-0.1, -0.05) is 13.0 Å². The number of sulfone groups is 1. The van der Waals surface area contributed by atoms with Crippen LogP contribution in [-0.2, 0) is 22.8 Å². The number of aromatic nitrogens is 6. The number of hydrogen-bond donors (Lipinski definition) is 3. The number of halogens is 1. The zero-order chi connectivity index (χ0) is 28.6. The second-order valence-electron chi connectivity index (χ2n) is 10.1. The molecule has 6 aromatic rings. The first kappa shape index (κ1) is 26.7. The van der Waals surface area contributed by atoms with Gasteiger partial charge in [0.1, 0.15) is 21.3 Å². The number of aromatic amines is 2. The van der Waals surface area contributed by atoms with Crippen LogP contribution in [0, 0.1) is 5.82 Å². The average molecular weight is 570 g/mol. The summed E-state index contributed by atoms with van der Waals surface area (Å²) in [5.41, 5.74) is 7.73. The molecular weight excluding hydrogens is 541 g/mol. The second-order valence-corrected chi connectivity index (χ2v) is 12.3. The van der Waals surface area contributed by atoms with E-state index < -0.39 is 15.7 Å². The molecule has 0 amide bonds. The normalized spacial score (nSPS) is 12.0. The maximum Gasteiger partial charge on any atom is 0.181 e. The maximum atomic E-state index is 14.6. The Morgan fingerprint density at radius 3 is 2.59 bits per heavy atom. The SMILES string of the molecule is CCNCc1cncc(-c2cnc3n[nH]c(-c4cc5c(-c6cc(F)cc(CCS(C)(=O)=O)c6)ccnc5[nH]4)c3c2)c1. The standard InChI is InChI=1S/C30H28FN7O2S/c1-3-32-14-19-9-21(16-33-15-19)22-12-26-28(37-38-30(26)35-17-22)27-13-25-24(4-6-34-29(25)36-27)20-8-18(10-23(31)11-20)5-7-41(2,39)40/h4,6,8-13,15-17,32H,3,5,7,14H2,1-2H3,(H,34,36)(H,35,37,38). The highest BCUT2D eigenvalue weighted by atomic mass is 32.2. The van der Waals surface area contributed by atoms with Crippen LogP contribution in [0.15, 0.2) is 67.3 Å². The Morgan fingerprint density at radius 2 is 1.76 bits per heavy atom. The molecule has 11 heteroatoms. The summed E-state index contributed by atoms with van der Waals surface area (Å²) in [6.45, 7) is 3.68. The van der Waals surface area contributed by atoms with E-state index in [4.69, 9.17) is 0 Å². The van der Waals surface area contributed by atoms with Gasteiger partial charge in [0, 0.05) is 59.5 Å². The molecule has 6 rings (SSSR count). The lowest BCUT2D eigenvalue weighted by Gasteiger charge is -2.07. The van der Waals surface area contributed by atoms with Gasteiger partial charge in [-0.2, -0.15) is 5.10 Å². The lowest BCUT2D eigenvalue weighted by Crippen LogP contribution is -2.11. The number of pyridine rings is 3. The molecule has 0 saturated heterocycles. The highest BCUT2D eigenvalue weighted by Gasteiger charge is 2.16. The number of nitrogens with zero attached hydrogens (tertiary/aromatic N) is 4. The average Bonchev–Trinajstić information content (AvgIpc) is 3.58. The molecule has 0 radical (unpaired) electrons. The van der Waals surface area contributed by atoms with Gasteiger partial charge in [-0.15, -0.1) is 0 Å². The predicted octanol–water partition coefficient (Wildman–Crippen LogP) is 5.07. The summed E-state index contributed by atoms with van der Waals surface area (Å²) in [7, 11) is -3.17. The first-order valence-corrected chi connectivity index (χ1v) is 15.3. The van der Waals surface area contributed by atoms with E-state index in [0.29, 0.717) is 22.4 Å². The fraction of sp³-hybridized carbons (Fsp3) is 0.200. The van der Waals surface area contributed by atoms with Gasteiger partial charge in [0.15, 0.2) is 5.65 Å². The third-order valence-electron chi connectivity index (χ3n) is 6.95. The van der Waals surface area contributed by atoms with Crippen LogP contribution in [0.4, 0.5) is 4.39 Å². The van der Waals surface area contributed by atoms with Crippen molar-refractivity contribution in [3.8, 4) is 33.6 Å². The van der Waals surface area contributed by atoms with E-state index in [1.54, 1.807) is 12.4 Å². The fourth-order valence-corrected chi connectivity index (χ4v) is 5.55. The quantitative estimate of drug-likeness (QED) is 0.222. The molecule has 5 heterocycles. The molecule has 9 nitrogen and oxygen atoms in total. The third-order valence-corrected chi connectivity index (χ3v) is 7.89. The molecule has 3 N–H and O–H groups in total. The molecule has 0 bridgehead atoms. The smallest absolute Gasteiger partial charge is 0.181 e. The number of fused-ring (bicyclic) bond motifs is 2. The van der Waals surface area contributed by atoms with Crippen LogP contribution in [0.1, 0.15) is 18.1 Å². The molecule has 0 atom stereocenters. The molecule has 0 spiro atoms. The van der Waals surface area contributed by atoms with Gasteiger partial charge in [0.05, 0.1) is 17.1 Å². The molecule has 41 heavy (non-hydrogen) atoms. The molecular formula is C30H28FN7O2S. The number of aryl methyl sites for hydroxylation is 1. The Hall–Kier alpha value is -4.48. The lowest BCUT2D eigenvalue weighted by molar-refractivity contribution is 0.600. The zero-order valence-corrected chi connectivity index (χ0v) is 23.4. The number of hydrogen-bond acceptors (Lipinski definition) is 7. The van der Waals surface area contributed by atoms with Crippen molar-refractivity contribution in [1.29, 1.82) is 0 Å². The van der Waals surface area contributed by atoms with E-state index in [0.717, 1.165) is 57.5 Å². The Bertz CT molecular complexity index is 2000. The van der Waals surface area contributed by atoms with E-state index >= 15 is 0 Å². The van der Waals surface area contributed by atoms with Gasteiger partial charge < -0.3 is 10.3 Å². The number of nitrogens with one attached hydrogen (secondary N) is 3. The van der Waals surface area contributed by atoms with Crippen molar-refractivity contribution in [2.45, 2.75) is 19.9 Å². The molecule has 0 aliphatic carbocycles. The highest BCUT2D eigenvalue weighted by Crippen LogP contribution is 2.34. The first-order chi connectivity index (χ1) is 19.8. The number of benzene rings is 1. The second kappa shape index (κ2) is 10.8. The van der Waals surface area contributed by atoms with E-state index in [1.165, 1.54) is 18.4 Å². The van der Waals surface area contributed by atoms with E-state index in [2.05, 4.69) is 48.4 Å². The molecule has 0 fully saturated rings. The van der Waals surface area contributed by atoms with Gasteiger partial charge in [-0.05, 0) is 71.6 Å². The Labute approximate surface area is 236 Å². The molecule has 1 aromatic carbocycles. The number of H-pyrrole nitrogens is 2. The van der Waals surface area contributed by atoms with E-state index in [9.17, 15) is 12.8 Å². The summed E-state index contributed by atoms with van der Waals surface area (Å²) in [5, 5.41) is 12.5. The first-order valence-electron chi connectivity index (χ1n) is 13.2. The zero-order valence-electron chi connectivity index (χ0n) is 22.6. The Kier molecular flexibility index (Phi) is 7.06. The largest absolute Gasteiger partial charge is 0.338 e. The minimum absolute atomic E-state index is 0.0468. The van der Waals surface area contributed by atoms with Crippen LogP contribution in [0.3, 0.4) is 0 Å². The van der Waals surface area contributed by atoms with Crippen molar-refractivity contribution in [3.05, 3.63) is 84.2 Å². The van der Waals surface area contributed by atoms with Crippen molar-refractivity contribution in [1.82, 2.24) is 35.5 Å². The van der Waals surface area contributed by atoms with Crippen LogP contribution >= 0.6 is 0 Å². The molecule has 208 valence electrons. The van der Waals surface area contributed by atoms with Crippen molar-refractivity contribution in [2.75, 3.05) is 18.6 Å². The van der Waals surface area contributed by atoms with Crippen molar-refractivity contribution in [2.24, 2.45) is 0 Å². The molecule has 0 aliphatic rings. The molecule has 0 saturated carbocycles. The predicted molar refractivity (Wildman–Crippen MR) is 158 cm³/mol. The summed E-state index contributed by atoms with van der Waals surface area (Å²) < 4.78 is 37.9. The van der Waals surface area contributed by atoms with Gasteiger partial charge in [0.2, 0.25) is 0 Å². The maximum absolute atomic E-state index is 14.6. The summed E-state index contributed by atoms with van der Waals surface area (Å²) >= 11 is 0. The van der Waals surface area contributed by atoms with Crippen LogP contribution in [0.5, 0.6) is 0 Å². The van der Waals surface area contributed by atoms with Gasteiger partial charge in [-0.25, -0.2) is 22.8 Å². The fourth-order valence-electron chi connectivity index (χ4n) is 4.94. The van der Waals surface area contributed by atoms with Crippen LogP contribution < -0.4 is 5.32 Å². The van der Waals surface area contributed by atoms with Crippen molar-refractivity contribution < 1.29 is 12.8 Å². The topological polar surface area (TPSA) is 129 Å². The van der Waals surface area contributed by atoms with Crippen LogP contribution in [-0.4, -0.2) is 57.1 Å². The molecule has 0 aliphatic heterocycles. The third kappa shape index (κ3) is 5.72. The lowest BCUT2D eigenvalue weighted by atomic mass is 10.00. The monoisotopic (exact) mass is 569 g/mol. The van der Waals surface area contributed by atoms with Crippen LogP contribution in [0.25, 0.3) is 55.7 Å². The van der Waals surface area contributed by atoms with Gasteiger partial charge in [0.25, 0.3) is 0 Å².